The van der Waals surface area contributed by atoms with E-state index in [4.69, 9.17) is 16.7 Å². The number of anilines is 1. The number of halogens is 1. The maximum atomic E-state index is 11.1. The van der Waals surface area contributed by atoms with Gasteiger partial charge in [0.15, 0.2) is 0 Å². The second-order valence-electron chi connectivity index (χ2n) is 3.15. The standard InChI is InChI=1S/C10H11ClN2O3/c1-5-3-6(11)4-7(9(14)15)8(5)13-10(16)12-2/h3-4H,1-2H3,(H,14,15)(H2,12,13,16). The lowest BCUT2D eigenvalue weighted by molar-refractivity contribution is 0.0698. The molecule has 6 heteroatoms. The highest BCUT2D eigenvalue weighted by atomic mass is 35.5. The average molecular weight is 243 g/mol. The number of rotatable bonds is 2. The Morgan fingerprint density at radius 1 is 1.38 bits per heavy atom. The number of urea groups is 1. The van der Waals surface area contributed by atoms with Gasteiger partial charge in [-0.1, -0.05) is 11.6 Å². The van der Waals surface area contributed by atoms with Crippen molar-refractivity contribution in [2.75, 3.05) is 12.4 Å². The molecule has 0 aliphatic heterocycles. The average Bonchev–Trinajstić information content (AvgIpc) is 2.20. The third-order valence-corrected chi connectivity index (χ3v) is 2.21. The smallest absolute Gasteiger partial charge is 0.337 e. The molecule has 0 aromatic heterocycles. The largest absolute Gasteiger partial charge is 0.478 e. The van der Waals surface area contributed by atoms with Gasteiger partial charge in [-0.15, -0.1) is 0 Å². The van der Waals surface area contributed by atoms with Crippen molar-refractivity contribution in [3.05, 3.63) is 28.3 Å². The summed E-state index contributed by atoms with van der Waals surface area (Å²) in [6.45, 7) is 1.67. The summed E-state index contributed by atoms with van der Waals surface area (Å²) in [6.07, 6.45) is 0. The van der Waals surface area contributed by atoms with Crippen LogP contribution in [-0.4, -0.2) is 24.2 Å². The van der Waals surface area contributed by atoms with E-state index in [0.717, 1.165) is 0 Å². The number of aryl methyl sites for hydroxylation is 1. The molecule has 0 aliphatic carbocycles. The van der Waals surface area contributed by atoms with Gasteiger partial charge in [0.2, 0.25) is 0 Å². The van der Waals surface area contributed by atoms with Gasteiger partial charge >= 0.3 is 12.0 Å². The molecule has 3 N–H and O–H groups in total. The first kappa shape index (κ1) is 12.3. The van der Waals surface area contributed by atoms with E-state index in [0.29, 0.717) is 10.6 Å². The van der Waals surface area contributed by atoms with Crippen LogP contribution in [0.4, 0.5) is 10.5 Å². The van der Waals surface area contributed by atoms with E-state index in [1.54, 1.807) is 13.0 Å². The van der Waals surface area contributed by atoms with Crippen molar-refractivity contribution < 1.29 is 14.7 Å². The lowest BCUT2D eigenvalue weighted by Crippen LogP contribution is -2.26. The van der Waals surface area contributed by atoms with Crippen molar-refractivity contribution in [3.63, 3.8) is 0 Å². The molecule has 0 unspecified atom stereocenters. The Morgan fingerprint density at radius 3 is 2.50 bits per heavy atom. The molecular weight excluding hydrogens is 232 g/mol. The van der Waals surface area contributed by atoms with E-state index in [9.17, 15) is 9.59 Å². The summed E-state index contributed by atoms with van der Waals surface area (Å²) in [5, 5.41) is 14.1. The van der Waals surface area contributed by atoms with Crippen LogP contribution in [-0.2, 0) is 0 Å². The minimum absolute atomic E-state index is 0.0337. The zero-order chi connectivity index (χ0) is 12.3. The molecule has 86 valence electrons. The molecule has 1 aromatic rings. The second kappa shape index (κ2) is 4.85. The van der Waals surface area contributed by atoms with E-state index in [1.807, 2.05) is 0 Å². The summed E-state index contributed by atoms with van der Waals surface area (Å²) in [5.74, 6) is -1.14. The molecule has 1 rings (SSSR count). The van der Waals surface area contributed by atoms with Gasteiger partial charge < -0.3 is 15.7 Å². The van der Waals surface area contributed by atoms with Crippen LogP contribution >= 0.6 is 11.6 Å². The quantitative estimate of drug-likeness (QED) is 0.743. The van der Waals surface area contributed by atoms with Gasteiger partial charge in [-0.2, -0.15) is 0 Å². The molecular formula is C10H11ClN2O3. The molecule has 1 aromatic carbocycles. The zero-order valence-electron chi connectivity index (χ0n) is 8.80. The van der Waals surface area contributed by atoms with Crippen molar-refractivity contribution in [1.29, 1.82) is 0 Å². The van der Waals surface area contributed by atoms with E-state index in [1.165, 1.54) is 13.1 Å². The number of benzene rings is 1. The van der Waals surface area contributed by atoms with E-state index >= 15 is 0 Å². The van der Waals surface area contributed by atoms with Gasteiger partial charge in [0.1, 0.15) is 0 Å². The summed E-state index contributed by atoms with van der Waals surface area (Å²) in [5.41, 5.74) is 0.804. The van der Waals surface area contributed by atoms with Gasteiger partial charge in [0.25, 0.3) is 0 Å². The Morgan fingerprint density at radius 2 is 2.00 bits per heavy atom. The number of carbonyl (C=O) groups is 2. The van der Waals surface area contributed by atoms with Crippen molar-refractivity contribution in [3.8, 4) is 0 Å². The van der Waals surface area contributed by atoms with Crippen LogP contribution in [0.3, 0.4) is 0 Å². The zero-order valence-corrected chi connectivity index (χ0v) is 9.55. The Labute approximate surface area is 97.4 Å². The van der Waals surface area contributed by atoms with Crippen LogP contribution in [0.1, 0.15) is 15.9 Å². The molecule has 0 saturated carbocycles. The Balaban J connectivity index is 3.24. The number of nitrogens with one attached hydrogen (secondary N) is 2. The van der Waals surface area contributed by atoms with Crippen molar-refractivity contribution in [2.24, 2.45) is 0 Å². The van der Waals surface area contributed by atoms with Crippen molar-refractivity contribution >= 4 is 29.3 Å². The minimum Gasteiger partial charge on any atom is -0.478 e. The molecule has 0 radical (unpaired) electrons. The highest BCUT2D eigenvalue weighted by Crippen LogP contribution is 2.25. The molecule has 2 amide bonds. The van der Waals surface area contributed by atoms with Gasteiger partial charge in [0, 0.05) is 12.1 Å². The summed E-state index contributed by atoms with van der Waals surface area (Å²) >= 11 is 5.74. The van der Waals surface area contributed by atoms with E-state index in [2.05, 4.69) is 10.6 Å². The molecule has 0 saturated heterocycles. The highest BCUT2D eigenvalue weighted by molar-refractivity contribution is 6.31. The first-order chi connectivity index (χ1) is 7.45. The SMILES string of the molecule is CNC(=O)Nc1c(C)cc(Cl)cc1C(=O)O. The van der Waals surface area contributed by atoms with Gasteiger partial charge in [0.05, 0.1) is 11.3 Å². The Kier molecular flexibility index (Phi) is 3.73. The fourth-order valence-electron chi connectivity index (χ4n) is 1.25. The van der Waals surface area contributed by atoms with Crippen molar-refractivity contribution in [2.45, 2.75) is 6.92 Å². The molecule has 0 aliphatic rings. The maximum Gasteiger partial charge on any atom is 0.337 e. The number of amides is 2. The third kappa shape index (κ3) is 2.64. The van der Waals surface area contributed by atoms with Crippen LogP contribution < -0.4 is 10.6 Å². The lowest BCUT2D eigenvalue weighted by Gasteiger charge is -2.11. The normalized spacial score (nSPS) is 9.69. The van der Waals surface area contributed by atoms with E-state index in [-0.39, 0.29) is 11.3 Å². The van der Waals surface area contributed by atoms with Gasteiger partial charge in [-0.05, 0) is 24.6 Å². The summed E-state index contributed by atoms with van der Waals surface area (Å²) in [4.78, 5) is 22.1. The maximum absolute atomic E-state index is 11.1. The summed E-state index contributed by atoms with van der Waals surface area (Å²) in [6, 6.07) is 2.40. The number of carbonyl (C=O) groups excluding carboxylic acids is 1. The van der Waals surface area contributed by atoms with Crippen LogP contribution in [0.5, 0.6) is 0 Å². The first-order valence-corrected chi connectivity index (χ1v) is 4.85. The molecule has 0 fully saturated rings. The fourth-order valence-corrected chi connectivity index (χ4v) is 1.53. The molecule has 16 heavy (non-hydrogen) atoms. The number of hydrogen-bond donors (Lipinski definition) is 3. The summed E-state index contributed by atoms with van der Waals surface area (Å²) < 4.78 is 0. The van der Waals surface area contributed by atoms with E-state index < -0.39 is 12.0 Å². The molecule has 5 nitrogen and oxygen atoms in total. The number of aromatic carboxylic acids is 1. The van der Waals surface area contributed by atoms with Crippen LogP contribution in [0, 0.1) is 6.92 Å². The molecule has 0 spiro atoms. The number of carboxylic acid groups (broad SMARTS) is 1. The predicted octanol–water partition coefficient (Wildman–Crippen LogP) is 2.10. The van der Waals surface area contributed by atoms with Crippen LogP contribution in [0.15, 0.2) is 12.1 Å². The fraction of sp³-hybridized carbons (Fsp3) is 0.200. The minimum atomic E-state index is -1.14. The Bertz CT molecular complexity index is 446. The third-order valence-electron chi connectivity index (χ3n) is 2.00. The monoisotopic (exact) mass is 242 g/mol. The van der Waals surface area contributed by atoms with Gasteiger partial charge in [-0.3, -0.25) is 0 Å². The number of hydrogen-bond acceptors (Lipinski definition) is 2. The van der Waals surface area contributed by atoms with Crippen LogP contribution in [0.2, 0.25) is 5.02 Å². The molecule has 0 heterocycles. The second-order valence-corrected chi connectivity index (χ2v) is 3.59. The van der Waals surface area contributed by atoms with Crippen LogP contribution in [0.25, 0.3) is 0 Å². The lowest BCUT2D eigenvalue weighted by atomic mass is 10.1. The Hall–Kier alpha value is -1.75. The van der Waals surface area contributed by atoms with Crippen molar-refractivity contribution in [1.82, 2.24) is 5.32 Å². The first-order valence-electron chi connectivity index (χ1n) is 4.48. The molecule has 0 atom stereocenters. The predicted molar refractivity (Wildman–Crippen MR) is 61.2 cm³/mol. The highest BCUT2D eigenvalue weighted by Gasteiger charge is 2.15. The van der Waals surface area contributed by atoms with Gasteiger partial charge in [-0.25, -0.2) is 9.59 Å². The molecule has 0 bridgehead atoms. The topological polar surface area (TPSA) is 78.4 Å². The number of carboxylic acids is 1. The summed E-state index contributed by atoms with van der Waals surface area (Å²) in [7, 11) is 1.45.